The molecule has 0 unspecified atom stereocenters. The average molecular weight is 953 g/mol. The highest BCUT2D eigenvalue weighted by Crippen LogP contribution is 2.19. The standard InChI is InChI=1S/C40H64N12O15/c41-13-5-4-10-25(33(59)48-26(18-53)35(61)49-27(19-54)36(62)51-29(21-56)39(65)66)46-31(57)17-45-32(58)24(11-6-14-44-40(43)67)47-34(60)28(20-55)50-37(63)30-12-7-15-52(30)38(64)23(42)16-22-8-2-1-3-9-22/h1-3,8-9,23-30,53-56H,4-7,10-21,41-42H2,(H,45,58)(H,46,57)(H,47,60)(H,48,59)(H,49,61)(H,50,63)(H,51,62)(H,65,66)(H3,43,44,67)/t23-,24-,25-,26-,27-,28-,29-,30-/m0/s1. The lowest BCUT2D eigenvalue weighted by atomic mass is 10.0. The highest BCUT2D eigenvalue weighted by Gasteiger charge is 2.38. The smallest absolute Gasteiger partial charge is 0.328 e. The summed E-state index contributed by atoms with van der Waals surface area (Å²) in [5, 5.41) is 65.9. The van der Waals surface area contributed by atoms with Gasteiger partial charge in [-0.1, -0.05) is 30.3 Å². The van der Waals surface area contributed by atoms with E-state index in [4.69, 9.17) is 27.4 Å². The van der Waals surface area contributed by atoms with Crippen molar-refractivity contribution in [2.24, 2.45) is 17.2 Å². The number of hydrogen-bond donors (Lipinski definition) is 16. The normalized spacial score (nSPS) is 16.3. The number of carboxylic acids is 1. The van der Waals surface area contributed by atoms with E-state index in [1.807, 2.05) is 28.8 Å². The van der Waals surface area contributed by atoms with E-state index in [2.05, 4.69) is 31.9 Å². The van der Waals surface area contributed by atoms with Gasteiger partial charge in [-0.2, -0.15) is 0 Å². The summed E-state index contributed by atoms with van der Waals surface area (Å²) in [7, 11) is 0. The molecule has 0 saturated carbocycles. The molecule has 1 aliphatic rings. The maximum absolute atomic E-state index is 13.4. The number of nitrogens with zero attached hydrogens (tertiary/aromatic N) is 1. The van der Waals surface area contributed by atoms with Gasteiger partial charge < -0.3 is 90.2 Å². The molecule has 27 nitrogen and oxygen atoms in total. The molecule has 0 bridgehead atoms. The highest BCUT2D eigenvalue weighted by molar-refractivity contribution is 5.97. The predicted octanol–water partition coefficient (Wildman–Crippen LogP) is -7.80. The van der Waals surface area contributed by atoms with Crippen LogP contribution in [0.25, 0.3) is 0 Å². The number of benzene rings is 1. The molecule has 67 heavy (non-hydrogen) atoms. The molecule has 1 aromatic rings. The summed E-state index contributed by atoms with van der Waals surface area (Å²) < 4.78 is 0. The fraction of sp³-hybridized carbons (Fsp3) is 0.600. The van der Waals surface area contributed by atoms with Gasteiger partial charge in [0, 0.05) is 13.1 Å². The van der Waals surface area contributed by atoms with Gasteiger partial charge in [-0.15, -0.1) is 0 Å². The van der Waals surface area contributed by atoms with Crippen LogP contribution >= 0.6 is 0 Å². The van der Waals surface area contributed by atoms with E-state index in [1.165, 1.54) is 4.90 Å². The number of carbonyl (C=O) groups excluding carboxylic acids is 9. The van der Waals surface area contributed by atoms with Gasteiger partial charge >= 0.3 is 12.0 Å². The number of likely N-dealkylation sites (tertiary alicyclic amines) is 1. The van der Waals surface area contributed by atoms with Crippen LogP contribution in [0.15, 0.2) is 30.3 Å². The molecule has 1 aliphatic heterocycles. The minimum atomic E-state index is -1.77. The number of unbranched alkanes of at least 4 members (excludes halogenated alkanes) is 1. The lowest BCUT2D eigenvalue weighted by molar-refractivity contribution is -0.143. The summed E-state index contributed by atoms with van der Waals surface area (Å²) in [5.41, 5.74) is 17.7. The number of hydrogen-bond acceptors (Lipinski definition) is 16. The second-order valence-electron chi connectivity index (χ2n) is 15.4. The summed E-state index contributed by atoms with van der Waals surface area (Å²) in [6, 6.07) is -3.55. The summed E-state index contributed by atoms with van der Waals surface area (Å²) in [5.74, 6) is -9.16. The van der Waals surface area contributed by atoms with Crippen molar-refractivity contribution in [2.75, 3.05) is 52.6 Å². The highest BCUT2D eigenvalue weighted by atomic mass is 16.4. The van der Waals surface area contributed by atoms with Crippen molar-refractivity contribution in [3.05, 3.63) is 35.9 Å². The maximum atomic E-state index is 13.4. The van der Waals surface area contributed by atoms with Crippen LogP contribution in [-0.2, 0) is 49.6 Å². The molecule has 0 spiro atoms. The molecule has 10 amide bonds. The van der Waals surface area contributed by atoms with E-state index in [9.17, 15) is 63.3 Å². The Bertz CT molecular complexity index is 1840. The number of carboxylic acid groups (broad SMARTS) is 1. The van der Waals surface area contributed by atoms with Crippen LogP contribution in [-0.4, -0.2) is 191 Å². The molecule has 1 fully saturated rings. The van der Waals surface area contributed by atoms with Crippen LogP contribution in [0.1, 0.15) is 50.5 Å². The van der Waals surface area contributed by atoms with E-state index in [0.717, 1.165) is 5.56 Å². The molecule has 0 radical (unpaired) electrons. The van der Waals surface area contributed by atoms with E-state index in [1.54, 1.807) is 12.1 Å². The third-order valence-corrected chi connectivity index (χ3v) is 10.3. The Morgan fingerprint density at radius 2 is 1.15 bits per heavy atom. The third kappa shape index (κ3) is 19.5. The average Bonchev–Trinajstić information content (AvgIpc) is 3.80. The first-order chi connectivity index (χ1) is 31.9. The minimum absolute atomic E-state index is 0.0389. The Labute approximate surface area is 385 Å². The fourth-order valence-electron chi connectivity index (χ4n) is 6.68. The maximum Gasteiger partial charge on any atom is 0.328 e. The van der Waals surface area contributed by atoms with Crippen LogP contribution in [0, 0.1) is 0 Å². The van der Waals surface area contributed by atoms with Crippen molar-refractivity contribution >= 4 is 59.3 Å². The molecule has 0 aromatic heterocycles. The number of aliphatic hydroxyl groups excluding tert-OH is 4. The van der Waals surface area contributed by atoms with Crippen molar-refractivity contribution in [1.82, 2.24) is 47.4 Å². The third-order valence-electron chi connectivity index (χ3n) is 10.3. The number of urea groups is 1. The zero-order valence-corrected chi connectivity index (χ0v) is 36.8. The van der Waals surface area contributed by atoms with Gasteiger partial charge in [0.1, 0.15) is 42.3 Å². The number of aliphatic carboxylic acids is 1. The van der Waals surface area contributed by atoms with Crippen molar-refractivity contribution < 1.29 is 73.5 Å². The Morgan fingerprint density at radius 1 is 0.642 bits per heavy atom. The SMILES string of the molecule is NCCCC[C@H](NC(=O)CNC(=O)[C@H](CCCNC(N)=O)NC(=O)[C@H](CO)NC(=O)[C@@H]1CCCN1C(=O)[C@@H](N)Cc1ccccc1)C(=O)N[C@@H](CO)C(=O)N[C@@H](CO)C(=O)N[C@@H](CO)C(=O)O. The van der Waals surface area contributed by atoms with Crippen molar-refractivity contribution in [3.63, 3.8) is 0 Å². The van der Waals surface area contributed by atoms with E-state index < -0.39 is 141 Å². The summed E-state index contributed by atoms with van der Waals surface area (Å²) in [6.45, 7) is -4.42. The molecule has 0 aliphatic carbocycles. The quantitative estimate of drug-likeness (QED) is 0.0319. The zero-order chi connectivity index (χ0) is 50.1. The van der Waals surface area contributed by atoms with Gasteiger partial charge in [0.05, 0.1) is 39.0 Å². The Hall–Kier alpha value is -6.52. The van der Waals surface area contributed by atoms with Gasteiger partial charge in [-0.3, -0.25) is 38.4 Å². The summed E-state index contributed by atoms with van der Waals surface area (Å²) in [6.07, 6.45) is 1.42. The number of nitrogens with two attached hydrogens (primary N) is 3. The molecule has 1 aromatic carbocycles. The van der Waals surface area contributed by atoms with E-state index >= 15 is 0 Å². The number of primary amides is 1. The number of aliphatic hydroxyl groups is 4. The van der Waals surface area contributed by atoms with Crippen LogP contribution in [0.5, 0.6) is 0 Å². The second-order valence-corrected chi connectivity index (χ2v) is 15.4. The second kappa shape index (κ2) is 29.9. The first-order valence-corrected chi connectivity index (χ1v) is 21.5. The molecule has 374 valence electrons. The molecule has 1 saturated heterocycles. The lowest BCUT2D eigenvalue weighted by Crippen LogP contribution is -2.60. The van der Waals surface area contributed by atoms with Crippen molar-refractivity contribution in [1.29, 1.82) is 0 Å². The Kier molecular flexibility index (Phi) is 25.3. The largest absolute Gasteiger partial charge is 0.480 e. The summed E-state index contributed by atoms with van der Waals surface area (Å²) in [4.78, 5) is 129. The van der Waals surface area contributed by atoms with E-state index in [0.29, 0.717) is 12.8 Å². The Morgan fingerprint density at radius 3 is 1.69 bits per heavy atom. The molecule has 1 heterocycles. The van der Waals surface area contributed by atoms with Gasteiger partial charge in [0.2, 0.25) is 47.3 Å². The monoisotopic (exact) mass is 952 g/mol. The van der Waals surface area contributed by atoms with Gasteiger partial charge in [0.25, 0.3) is 0 Å². The molecular weight excluding hydrogens is 889 g/mol. The minimum Gasteiger partial charge on any atom is -0.480 e. The number of rotatable bonds is 30. The lowest BCUT2D eigenvalue weighted by Gasteiger charge is -2.28. The fourth-order valence-corrected chi connectivity index (χ4v) is 6.68. The summed E-state index contributed by atoms with van der Waals surface area (Å²) >= 11 is 0. The molecular formula is C40H64N12O15. The number of nitrogens with one attached hydrogen (secondary N) is 8. The molecule has 2 rings (SSSR count). The molecule has 19 N–H and O–H groups in total. The molecule has 27 heteroatoms. The van der Waals surface area contributed by atoms with Gasteiger partial charge in [0.15, 0.2) is 0 Å². The van der Waals surface area contributed by atoms with Gasteiger partial charge in [-0.25, -0.2) is 9.59 Å². The van der Waals surface area contributed by atoms with E-state index in [-0.39, 0.29) is 58.2 Å². The van der Waals surface area contributed by atoms with Gasteiger partial charge in [-0.05, 0) is 63.5 Å². The first-order valence-electron chi connectivity index (χ1n) is 21.5. The number of amides is 10. The topological polar surface area (TPSA) is 449 Å². The zero-order valence-electron chi connectivity index (χ0n) is 36.8. The first kappa shape index (κ1) is 56.6. The predicted molar refractivity (Wildman–Crippen MR) is 233 cm³/mol. The van der Waals surface area contributed by atoms with Crippen molar-refractivity contribution in [2.45, 2.75) is 99.7 Å². The molecule has 8 atom stereocenters. The van der Waals surface area contributed by atoms with Crippen LogP contribution < -0.4 is 59.7 Å². The van der Waals surface area contributed by atoms with Crippen LogP contribution in [0.3, 0.4) is 0 Å². The Balaban J connectivity index is 2.12. The van der Waals surface area contributed by atoms with Crippen LogP contribution in [0.4, 0.5) is 4.79 Å². The number of carbonyl (C=O) groups is 10. The van der Waals surface area contributed by atoms with Crippen molar-refractivity contribution in [3.8, 4) is 0 Å². The van der Waals surface area contributed by atoms with Crippen LogP contribution in [0.2, 0.25) is 0 Å².